The minimum atomic E-state index is 0.00174. The third-order valence-electron chi connectivity index (χ3n) is 5.58. The van der Waals surface area contributed by atoms with E-state index in [4.69, 9.17) is 4.74 Å². The van der Waals surface area contributed by atoms with Crippen LogP contribution in [0.4, 0.5) is 5.69 Å². The second kappa shape index (κ2) is 9.03. The Hall–Kier alpha value is -3.28. The maximum absolute atomic E-state index is 12.9. The van der Waals surface area contributed by atoms with E-state index in [1.165, 1.54) is 24.1 Å². The zero-order valence-electron chi connectivity index (χ0n) is 17.6. The summed E-state index contributed by atoms with van der Waals surface area (Å²) in [6.45, 7) is 3.16. The van der Waals surface area contributed by atoms with E-state index in [1.54, 1.807) is 11.1 Å². The number of aromatic nitrogens is 2. The summed E-state index contributed by atoms with van der Waals surface area (Å²) >= 11 is 0. The van der Waals surface area contributed by atoms with E-state index in [9.17, 15) is 4.79 Å². The van der Waals surface area contributed by atoms with Crippen LogP contribution in [0.1, 0.15) is 34.6 Å². The van der Waals surface area contributed by atoms with Crippen LogP contribution in [0.25, 0.3) is 0 Å². The number of imidazole rings is 1. The monoisotopic (exact) mass is 404 g/mol. The van der Waals surface area contributed by atoms with Gasteiger partial charge < -0.3 is 19.1 Å². The molecule has 6 heteroatoms. The first-order valence-electron chi connectivity index (χ1n) is 10.4. The van der Waals surface area contributed by atoms with Crippen molar-refractivity contribution in [1.29, 1.82) is 0 Å². The van der Waals surface area contributed by atoms with Gasteiger partial charge in [0.1, 0.15) is 18.2 Å². The number of anilines is 1. The van der Waals surface area contributed by atoms with Gasteiger partial charge in [0.25, 0.3) is 5.91 Å². The van der Waals surface area contributed by atoms with Gasteiger partial charge in [0.2, 0.25) is 0 Å². The van der Waals surface area contributed by atoms with Crippen LogP contribution >= 0.6 is 0 Å². The molecule has 1 aromatic heterocycles. The van der Waals surface area contributed by atoms with Crippen LogP contribution in [-0.2, 0) is 20.2 Å². The van der Waals surface area contributed by atoms with Crippen LogP contribution in [0.3, 0.4) is 0 Å². The highest BCUT2D eigenvalue weighted by Gasteiger charge is 2.18. The Labute approximate surface area is 177 Å². The second-order valence-electron chi connectivity index (χ2n) is 7.75. The smallest absolute Gasteiger partial charge is 0.253 e. The van der Waals surface area contributed by atoms with E-state index >= 15 is 0 Å². The van der Waals surface area contributed by atoms with Crippen molar-refractivity contribution in [2.45, 2.75) is 26.0 Å². The molecule has 1 aliphatic heterocycles. The number of carbonyl (C=O) groups excluding carboxylic acids is 1. The van der Waals surface area contributed by atoms with Gasteiger partial charge in [-0.15, -0.1) is 0 Å². The summed E-state index contributed by atoms with van der Waals surface area (Å²) in [6.07, 6.45) is 6.10. The summed E-state index contributed by atoms with van der Waals surface area (Å²) < 4.78 is 7.70. The first-order valence-corrected chi connectivity index (χ1v) is 10.4. The molecule has 2 heterocycles. The molecule has 4 rings (SSSR count). The van der Waals surface area contributed by atoms with Gasteiger partial charge in [-0.3, -0.25) is 4.79 Å². The number of rotatable bonds is 7. The molecule has 1 fully saturated rings. The maximum atomic E-state index is 12.9. The fourth-order valence-corrected chi connectivity index (χ4v) is 3.84. The van der Waals surface area contributed by atoms with Crippen LogP contribution in [0.5, 0.6) is 5.75 Å². The Balaban J connectivity index is 1.39. The molecule has 0 radical (unpaired) electrons. The predicted molar refractivity (Wildman–Crippen MR) is 118 cm³/mol. The van der Waals surface area contributed by atoms with E-state index < -0.39 is 0 Å². The summed E-state index contributed by atoms with van der Waals surface area (Å²) in [6, 6.07) is 15.7. The topological polar surface area (TPSA) is 50.6 Å². The Bertz CT molecular complexity index is 990. The molecule has 30 heavy (non-hydrogen) atoms. The number of amides is 1. The third-order valence-corrected chi connectivity index (χ3v) is 5.58. The lowest BCUT2D eigenvalue weighted by molar-refractivity contribution is 0.0785. The van der Waals surface area contributed by atoms with Gasteiger partial charge in [-0.05, 0) is 48.7 Å². The molecule has 1 amide bonds. The van der Waals surface area contributed by atoms with Gasteiger partial charge in [0.05, 0.1) is 0 Å². The second-order valence-corrected chi connectivity index (χ2v) is 7.75. The number of hydrogen-bond donors (Lipinski definition) is 0. The van der Waals surface area contributed by atoms with Crippen molar-refractivity contribution in [2.24, 2.45) is 7.05 Å². The highest BCUT2D eigenvalue weighted by atomic mass is 16.5. The number of nitrogens with zero attached hydrogens (tertiary/aromatic N) is 4. The molecule has 6 nitrogen and oxygen atoms in total. The van der Waals surface area contributed by atoms with Crippen molar-refractivity contribution in [2.75, 3.05) is 25.0 Å². The maximum Gasteiger partial charge on any atom is 0.253 e. The number of carbonyl (C=O) groups is 1. The molecule has 0 atom stereocenters. The summed E-state index contributed by atoms with van der Waals surface area (Å²) in [7, 11) is 3.79. The standard InChI is InChI=1S/C24H28N4O2/c1-26-16-13-25-23(26)18-30-21-11-9-19(10-12-21)24(29)27(2)17-20-7-3-4-8-22(20)28-14-5-6-15-28/h3-4,7-13,16H,5-6,14-15,17-18H2,1-2H3. The van der Waals surface area contributed by atoms with Crippen molar-refractivity contribution >= 4 is 11.6 Å². The van der Waals surface area contributed by atoms with E-state index in [0.29, 0.717) is 18.7 Å². The Morgan fingerprint density at radius 3 is 2.53 bits per heavy atom. The normalized spacial score (nSPS) is 13.5. The molecule has 3 aromatic rings. The molecule has 2 aromatic carbocycles. The van der Waals surface area contributed by atoms with Gasteiger partial charge in [0, 0.05) is 57.4 Å². The van der Waals surface area contributed by atoms with E-state index in [-0.39, 0.29) is 5.91 Å². The van der Waals surface area contributed by atoms with Crippen molar-refractivity contribution in [3.8, 4) is 5.75 Å². The van der Waals surface area contributed by atoms with Crippen LogP contribution in [-0.4, -0.2) is 40.5 Å². The number of benzene rings is 2. The fourth-order valence-electron chi connectivity index (χ4n) is 3.84. The van der Waals surface area contributed by atoms with E-state index in [2.05, 4.69) is 28.1 Å². The number of para-hydroxylation sites is 1. The van der Waals surface area contributed by atoms with Gasteiger partial charge in [0.15, 0.2) is 0 Å². The minimum absolute atomic E-state index is 0.00174. The zero-order valence-corrected chi connectivity index (χ0v) is 17.6. The highest BCUT2D eigenvalue weighted by Crippen LogP contribution is 2.26. The van der Waals surface area contributed by atoms with Crippen LogP contribution in [0.2, 0.25) is 0 Å². The van der Waals surface area contributed by atoms with Gasteiger partial charge in [-0.1, -0.05) is 18.2 Å². The Morgan fingerprint density at radius 1 is 1.10 bits per heavy atom. The lowest BCUT2D eigenvalue weighted by atomic mass is 10.1. The first kappa shape index (κ1) is 20.0. The molecule has 0 spiro atoms. The van der Waals surface area contributed by atoms with Crippen molar-refractivity contribution in [1.82, 2.24) is 14.5 Å². The van der Waals surface area contributed by atoms with Gasteiger partial charge in [-0.25, -0.2) is 4.98 Å². The quantitative estimate of drug-likeness (QED) is 0.600. The molecule has 1 saturated heterocycles. The Kier molecular flexibility index (Phi) is 6.02. The molecule has 0 N–H and O–H groups in total. The third kappa shape index (κ3) is 4.48. The number of aryl methyl sites for hydroxylation is 1. The molecular weight excluding hydrogens is 376 g/mol. The number of ether oxygens (including phenoxy) is 1. The summed E-state index contributed by atoms with van der Waals surface area (Å²) in [5, 5.41) is 0. The lowest BCUT2D eigenvalue weighted by Gasteiger charge is -2.24. The van der Waals surface area contributed by atoms with Crippen molar-refractivity contribution in [3.05, 3.63) is 77.9 Å². The lowest BCUT2D eigenvalue weighted by Crippen LogP contribution is -2.28. The average Bonchev–Trinajstić information content (AvgIpc) is 3.44. The highest BCUT2D eigenvalue weighted by molar-refractivity contribution is 5.94. The molecular formula is C24H28N4O2. The molecule has 0 aliphatic carbocycles. The molecule has 156 valence electrons. The zero-order chi connectivity index (χ0) is 20.9. The van der Waals surface area contributed by atoms with Gasteiger partial charge >= 0.3 is 0 Å². The summed E-state index contributed by atoms with van der Waals surface area (Å²) in [5.74, 6) is 1.57. The largest absolute Gasteiger partial charge is 0.486 e. The van der Waals surface area contributed by atoms with Crippen LogP contribution < -0.4 is 9.64 Å². The SMILES string of the molecule is CN(Cc1ccccc1N1CCCC1)C(=O)c1ccc(OCc2nccn2C)cc1. The molecule has 1 aliphatic rings. The van der Waals surface area contributed by atoms with Crippen LogP contribution in [0.15, 0.2) is 60.9 Å². The van der Waals surface area contributed by atoms with Gasteiger partial charge in [-0.2, -0.15) is 0 Å². The van der Waals surface area contributed by atoms with Crippen molar-refractivity contribution in [3.63, 3.8) is 0 Å². The number of hydrogen-bond acceptors (Lipinski definition) is 4. The summed E-state index contributed by atoms with van der Waals surface area (Å²) in [5.41, 5.74) is 3.08. The van der Waals surface area contributed by atoms with Crippen LogP contribution in [0, 0.1) is 0 Å². The molecule has 0 saturated carbocycles. The van der Waals surface area contributed by atoms with E-state index in [1.807, 2.05) is 55.2 Å². The summed E-state index contributed by atoms with van der Waals surface area (Å²) in [4.78, 5) is 21.4. The fraction of sp³-hybridized carbons (Fsp3) is 0.333. The molecule has 0 bridgehead atoms. The Morgan fingerprint density at radius 2 is 1.83 bits per heavy atom. The predicted octanol–water partition coefficient (Wildman–Crippen LogP) is 3.87. The average molecular weight is 405 g/mol. The minimum Gasteiger partial charge on any atom is -0.486 e. The van der Waals surface area contributed by atoms with E-state index in [0.717, 1.165) is 24.7 Å². The molecule has 0 unspecified atom stereocenters. The first-order chi connectivity index (χ1) is 14.6. The van der Waals surface area contributed by atoms with Crippen molar-refractivity contribution < 1.29 is 9.53 Å².